The molecule has 0 aliphatic carbocycles. The van der Waals surface area contributed by atoms with Crippen molar-refractivity contribution in [2.75, 3.05) is 11.8 Å². The standard InChI is InChI=1S/C19H17NO4S2/c1-24-19(21)18-17(11-12-25-18)26(22,23)20-16-10-6-5-9-15(16)13-14-7-3-2-4-8-14/h2-12,20H,13H2,1H3. The number of thiophene rings is 1. The van der Waals surface area contributed by atoms with Crippen LogP contribution < -0.4 is 4.72 Å². The van der Waals surface area contributed by atoms with Crippen LogP contribution in [0.2, 0.25) is 0 Å². The lowest BCUT2D eigenvalue weighted by molar-refractivity contribution is 0.0602. The Kier molecular flexibility index (Phi) is 5.39. The lowest BCUT2D eigenvalue weighted by Crippen LogP contribution is -2.16. The molecule has 0 saturated carbocycles. The summed E-state index contributed by atoms with van der Waals surface area (Å²) in [4.78, 5) is 11.8. The highest BCUT2D eigenvalue weighted by Crippen LogP contribution is 2.27. The van der Waals surface area contributed by atoms with Gasteiger partial charge in [0.1, 0.15) is 9.77 Å². The van der Waals surface area contributed by atoms with Gasteiger partial charge in [-0.25, -0.2) is 13.2 Å². The minimum atomic E-state index is -3.91. The normalized spacial score (nSPS) is 11.1. The van der Waals surface area contributed by atoms with Crippen molar-refractivity contribution in [3.63, 3.8) is 0 Å². The van der Waals surface area contributed by atoms with E-state index in [0.29, 0.717) is 12.1 Å². The van der Waals surface area contributed by atoms with Crippen LogP contribution in [-0.4, -0.2) is 21.5 Å². The van der Waals surface area contributed by atoms with Crippen LogP contribution in [0.5, 0.6) is 0 Å². The second kappa shape index (κ2) is 7.72. The first kappa shape index (κ1) is 18.2. The average Bonchev–Trinajstić information content (AvgIpc) is 3.14. The molecule has 0 spiro atoms. The van der Waals surface area contributed by atoms with E-state index in [4.69, 9.17) is 0 Å². The van der Waals surface area contributed by atoms with E-state index >= 15 is 0 Å². The van der Waals surface area contributed by atoms with Crippen LogP contribution in [0.15, 0.2) is 70.9 Å². The van der Waals surface area contributed by atoms with E-state index in [-0.39, 0.29) is 9.77 Å². The molecule has 5 nitrogen and oxygen atoms in total. The van der Waals surface area contributed by atoms with E-state index in [0.717, 1.165) is 22.5 Å². The lowest BCUT2D eigenvalue weighted by Gasteiger charge is -2.13. The highest BCUT2D eigenvalue weighted by atomic mass is 32.2. The van der Waals surface area contributed by atoms with Crippen molar-refractivity contribution < 1.29 is 17.9 Å². The van der Waals surface area contributed by atoms with Gasteiger partial charge in [-0.2, -0.15) is 0 Å². The van der Waals surface area contributed by atoms with Crippen molar-refractivity contribution in [3.05, 3.63) is 82.0 Å². The summed E-state index contributed by atoms with van der Waals surface area (Å²) in [7, 11) is -2.69. The first-order valence-electron chi connectivity index (χ1n) is 7.82. The number of nitrogens with one attached hydrogen (secondary N) is 1. The van der Waals surface area contributed by atoms with Crippen molar-refractivity contribution in [3.8, 4) is 0 Å². The molecule has 0 saturated heterocycles. The van der Waals surface area contributed by atoms with Gasteiger partial charge >= 0.3 is 5.97 Å². The third-order valence-corrected chi connectivity index (χ3v) is 6.22. The molecule has 134 valence electrons. The number of carbonyl (C=O) groups excluding carboxylic acids is 1. The van der Waals surface area contributed by atoms with E-state index in [1.165, 1.54) is 13.2 Å². The molecule has 3 rings (SSSR count). The molecule has 26 heavy (non-hydrogen) atoms. The maximum Gasteiger partial charge on any atom is 0.349 e. The molecule has 0 amide bonds. The Morgan fingerprint density at radius 1 is 1.04 bits per heavy atom. The van der Waals surface area contributed by atoms with Crippen molar-refractivity contribution in [2.45, 2.75) is 11.3 Å². The molecule has 7 heteroatoms. The molecule has 2 aromatic carbocycles. The fourth-order valence-corrected chi connectivity index (χ4v) is 4.98. The molecule has 0 aliphatic rings. The second-order valence-electron chi connectivity index (χ2n) is 5.53. The van der Waals surface area contributed by atoms with Crippen LogP contribution in [0.4, 0.5) is 5.69 Å². The fourth-order valence-electron chi connectivity index (χ4n) is 2.54. The summed E-state index contributed by atoms with van der Waals surface area (Å²) in [5.41, 5.74) is 2.40. The van der Waals surface area contributed by atoms with Gasteiger partial charge in [0, 0.05) is 0 Å². The zero-order chi connectivity index (χ0) is 18.6. The number of sulfonamides is 1. The van der Waals surface area contributed by atoms with Gasteiger partial charge in [0.15, 0.2) is 0 Å². The first-order valence-corrected chi connectivity index (χ1v) is 10.2. The predicted molar refractivity (Wildman–Crippen MR) is 102 cm³/mol. The van der Waals surface area contributed by atoms with E-state index in [1.54, 1.807) is 17.5 Å². The molecule has 0 aliphatic heterocycles. The van der Waals surface area contributed by atoms with E-state index in [2.05, 4.69) is 9.46 Å². The first-order chi connectivity index (χ1) is 12.5. The monoisotopic (exact) mass is 387 g/mol. The van der Waals surface area contributed by atoms with Crippen LogP contribution in [0.3, 0.4) is 0 Å². The van der Waals surface area contributed by atoms with Gasteiger partial charge in [-0.1, -0.05) is 48.5 Å². The summed E-state index contributed by atoms with van der Waals surface area (Å²) >= 11 is 1.03. The molecule has 3 aromatic rings. The minimum Gasteiger partial charge on any atom is -0.465 e. The van der Waals surface area contributed by atoms with Crippen LogP contribution >= 0.6 is 11.3 Å². The number of hydrogen-bond donors (Lipinski definition) is 1. The second-order valence-corrected chi connectivity index (χ2v) is 8.10. The number of rotatable bonds is 6. The maximum absolute atomic E-state index is 12.8. The average molecular weight is 387 g/mol. The Balaban J connectivity index is 1.92. The Labute approximate surface area is 156 Å². The minimum absolute atomic E-state index is 0.0561. The predicted octanol–water partition coefficient (Wildman–Crippen LogP) is 3.93. The number of para-hydroxylation sites is 1. The zero-order valence-electron chi connectivity index (χ0n) is 14.0. The third kappa shape index (κ3) is 3.95. The van der Waals surface area contributed by atoms with Crippen LogP contribution in [-0.2, 0) is 21.2 Å². The summed E-state index contributed by atoms with van der Waals surface area (Å²) in [5.74, 6) is -0.669. The molecule has 1 heterocycles. The van der Waals surface area contributed by atoms with Crippen LogP contribution in [0.1, 0.15) is 20.8 Å². The van der Waals surface area contributed by atoms with Gasteiger partial charge in [0.05, 0.1) is 12.8 Å². The van der Waals surface area contributed by atoms with Gasteiger partial charge in [-0.3, -0.25) is 4.72 Å². The van der Waals surface area contributed by atoms with Gasteiger partial charge in [0.2, 0.25) is 0 Å². The number of methoxy groups -OCH3 is 1. The Hall–Kier alpha value is -2.64. The van der Waals surface area contributed by atoms with E-state index in [9.17, 15) is 13.2 Å². The molecule has 1 N–H and O–H groups in total. The third-order valence-electron chi connectivity index (χ3n) is 3.79. The lowest BCUT2D eigenvalue weighted by atomic mass is 10.0. The molecule has 0 bridgehead atoms. The summed E-state index contributed by atoms with van der Waals surface area (Å²) in [6, 6.07) is 18.4. The number of anilines is 1. The Morgan fingerprint density at radius 2 is 1.73 bits per heavy atom. The molecule has 0 unspecified atom stereocenters. The van der Waals surface area contributed by atoms with Crippen LogP contribution in [0, 0.1) is 0 Å². The van der Waals surface area contributed by atoms with Crippen LogP contribution in [0.25, 0.3) is 0 Å². The molecular weight excluding hydrogens is 370 g/mol. The highest BCUT2D eigenvalue weighted by molar-refractivity contribution is 7.93. The molecule has 0 radical (unpaired) electrons. The Morgan fingerprint density at radius 3 is 2.46 bits per heavy atom. The number of esters is 1. The maximum atomic E-state index is 12.8. The zero-order valence-corrected chi connectivity index (χ0v) is 15.6. The molecule has 1 aromatic heterocycles. The van der Waals surface area contributed by atoms with Crippen molar-refractivity contribution in [1.82, 2.24) is 0 Å². The summed E-state index contributed by atoms with van der Waals surface area (Å²) in [6.07, 6.45) is 0.590. The molecule has 0 fully saturated rings. The van der Waals surface area contributed by atoms with Crippen molar-refractivity contribution >= 4 is 33.0 Å². The summed E-state index contributed by atoms with van der Waals surface area (Å²) in [6.45, 7) is 0. The van der Waals surface area contributed by atoms with Crippen molar-refractivity contribution in [2.24, 2.45) is 0 Å². The number of carbonyl (C=O) groups is 1. The molecular formula is C19H17NO4S2. The van der Waals surface area contributed by atoms with E-state index in [1.807, 2.05) is 42.5 Å². The van der Waals surface area contributed by atoms with Gasteiger partial charge in [-0.15, -0.1) is 11.3 Å². The summed E-state index contributed by atoms with van der Waals surface area (Å²) < 4.78 is 32.9. The van der Waals surface area contributed by atoms with Crippen molar-refractivity contribution in [1.29, 1.82) is 0 Å². The topological polar surface area (TPSA) is 72.5 Å². The molecule has 0 atom stereocenters. The number of ether oxygens (including phenoxy) is 1. The van der Waals surface area contributed by atoms with Gasteiger partial charge in [-0.05, 0) is 35.1 Å². The summed E-state index contributed by atoms with van der Waals surface area (Å²) in [5, 5.41) is 1.55. The van der Waals surface area contributed by atoms with Gasteiger partial charge in [0.25, 0.3) is 10.0 Å². The van der Waals surface area contributed by atoms with Gasteiger partial charge < -0.3 is 4.74 Å². The SMILES string of the molecule is COC(=O)c1sccc1S(=O)(=O)Nc1ccccc1Cc1ccccc1. The van der Waals surface area contributed by atoms with E-state index < -0.39 is 16.0 Å². The number of hydrogen-bond acceptors (Lipinski definition) is 5. The fraction of sp³-hybridized carbons (Fsp3) is 0.105. The Bertz CT molecular complexity index is 1010. The number of benzene rings is 2. The highest BCUT2D eigenvalue weighted by Gasteiger charge is 2.25. The smallest absolute Gasteiger partial charge is 0.349 e. The largest absolute Gasteiger partial charge is 0.465 e. The quantitative estimate of drug-likeness (QED) is 0.651.